The Morgan fingerprint density at radius 1 is 1.17 bits per heavy atom. The SMILES string of the molecule is O=C(NCc1ccc2c(c1)OCO2)C1CCCN(c2ccc(-c3cccs3)nn2)C1. The Kier molecular flexibility index (Phi) is 5.23. The van der Waals surface area contributed by atoms with Crippen molar-refractivity contribution < 1.29 is 14.3 Å². The molecule has 1 unspecified atom stereocenters. The Hall–Kier alpha value is -3.13. The Bertz CT molecular complexity index is 1020. The van der Waals surface area contributed by atoms with Gasteiger partial charge in [0.2, 0.25) is 12.7 Å². The van der Waals surface area contributed by atoms with Crippen LogP contribution in [0.5, 0.6) is 11.5 Å². The zero-order valence-electron chi connectivity index (χ0n) is 16.4. The van der Waals surface area contributed by atoms with Crippen LogP contribution in [0.3, 0.4) is 0 Å². The van der Waals surface area contributed by atoms with Crippen molar-refractivity contribution >= 4 is 23.1 Å². The van der Waals surface area contributed by atoms with Gasteiger partial charge in [-0.05, 0) is 54.1 Å². The van der Waals surface area contributed by atoms with Gasteiger partial charge in [-0.15, -0.1) is 21.5 Å². The van der Waals surface area contributed by atoms with Crippen molar-refractivity contribution in [2.45, 2.75) is 19.4 Å². The number of amides is 1. The summed E-state index contributed by atoms with van der Waals surface area (Å²) in [5, 5.41) is 13.9. The molecule has 154 valence electrons. The fraction of sp³-hybridized carbons (Fsp3) is 0.318. The normalized spacial score (nSPS) is 17.7. The van der Waals surface area contributed by atoms with Gasteiger partial charge in [-0.2, -0.15) is 0 Å². The second kappa shape index (κ2) is 8.31. The van der Waals surface area contributed by atoms with Crippen molar-refractivity contribution in [3.8, 4) is 22.1 Å². The van der Waals surface area contributed by atoms with E-state index >= 15 is 0 Å². The van der Waals surface area contributed by atoms with Gasteiger partial charge in [-0.3, -0.25) is 4.79 Å². The first kappa shape index (κ1) is 18.9. The number of thiophene rings is 1. The number of carbonyl (C=O) groups excluding carboxylic acids is 1. The third-order valence-electron chi connectivity index (χ3n) is 5.44. The van der Waals surface area contributed by atoms with E-state index in [0.29, 0.717) is 13.1 Å². The molecule has 0 bridgehead atoms. The van der Waals surface area contributed by atoms with E-state index in [0.717, 1.165) is 52.8 Å². The molecule has 3 aromatic rings. The second-order valence-electron chi connectivity index (χ2n) is 7.44. The van der Waals surface area contributed by atoms with Crippen LogP contribution in [0.1, 0.15) is 18.4 Å². The van der Waals surface area contributed by atoms with E-state index < -0.39 is 0 Å². The van der Waals surface area contributed by atoms with Crippen molar-refractivity contribution in [2.24, 2.45) is 5.92 Å². The predicted molar refractivity (Wildman–Crippen MR) is 115 cm³/mol. The van der Waals surface area contributed by atoms with Crippen LogP contribution in [0.4, 0.5) is 5.82 Å². The Morgan fingerprint density at radius 3 is 2.93 bits per heavy atom. The molecule has 1 fully saturated rings. The van der Waals surface area contributed by atoms with E-state index in [4.69, 9.17) is 9.47 Å². The highest BCUT2D eigenvalue weighted by Gasteiger charge is 2.26. The molecule has 0 saturated carbocycles. The third-order valence-corrected chi connectivity index (χ3v) is 6.34. The first-order chi connectivity index (χ1) is 14.8. The number of aromatic nitrogens is 2. The van der Waals surface area contributed by atoms with E-state index in [-0.39, 0.29) is 18.6 Å². The lowest BCUT2D eigenvalue weighted by molar-refractivity contribution is -0.125. The first-order valence-corrected chi connectivity index (χ1v) is 10.9. The molecule has 4 heterocycles. The summed E-state index contributed by atoms with van der Waals surface area (Å²) in [5.41, 5.74) is 1.87. The Morgan fingerprint density at radius 2 is 2.10 bits per heavy atom. The molecular formula is C22H22N4O3S. The summed E-state index contributed by atoms with van der Waals surface area (Å²) in [6.45, 7) is 2.26. The fourth-order valence-electron chi connectivity index (χ4n) is 3.83. The van der Waals surface area contributed by atoms with Crippen molar-refractivity contribution in [3.63, 3.8) is 0 Å². The topological polar surface area (TPSA) is 76.6 Å². The average molecular weight is 423 g/mol. The highest BCUT2D eigenvalue weighted by Crippen LogP contribution is 2.32. The molecular weight excluding hydrogens is 400 g/mol. The molecule has 2 aromatic heterocycles. The maximum atomic E-state index is 12.8. The van der Waals surface area contributed by atoms with Crippen molar-refractivity contribution in [1.29, 1.82) is 0 Å². The van der Waals surface area contributed by atoms with Crippen LogP contribution in [0.25, 0.3) is 10.6 Å². The van der Waals surface area contributed by atoms with Crippen LogP contribution in [0.15, 0.2) is 47.8 Å². The van der Waals surface area contributed by atoms with Gasteiger partial charge in [0.05, 0.1) is 10.8 Å². The zero-order valence-corrected chi connectivity index (χ0v) is 17.2. The highest BCUT2D eigenvalue weighted by molar-refractivity contribution is 7.13. The fourth-order valence-corrected chi connectivity index (χ4v) is 4.52. The van der Waals surface area contributed by atoms with Crippen molar-refractivity contribution in [1.82, 2.24) is 15.5 Å². The minimum Gasteiger partial charge on any atom is -0.454 e. The van der Waals surface area contributed by atoms with Gasteiger partial charge in [0, 0.05) is 19.6 Å². The van der Waals surface area contributed by atoms with E-state index in [2.05, 4.69) is 20.4 Å². The van der Waals surface area contributed by atoms with Crippen molar-refractivity contribution in [2.75, 3.05) is 24.8 Å². The van der Waals surface area contributed by atoms with E-state index in [1.165, 1.54) is 0 Å². The summed E-state index contributed by atoms with van der Waals surface area (Å²) in [7, 11) is 0. The standard InChI is InChI=1S/C22H22N4O3S/c27-22(23-12-15-5-7-18-19(11-15)29-14-28-18)16-3-1-9-26(13-16)21-8-6-17(24-25-21)20-4-2-10-30-20/h2,4-8,10-11,16H,1,3,9,12-14H2,(H,23,27). The van der Waals surface area contributed by atoms with Crippen LogP contribution in [-0.4, -0.2) is 36.0 Å². The van der Waals surface area contributed by atoms with Gasteiger partial charge in [0.15, 0.2) is 17.3 Å². The summed E-state index contributed by atoms with van der Waals surface area (Å²) >= 11 is 1.65. The Balaban J connectivity index is 1.19. The summed E-state index contributed by atoms with van der Waals surface area (Å²) < 4.78 is 10.7. The number of rotatable bonds is 5. The minimum absolute atomic E-state index is 0.0634. The van der Waals surface area contributed by atoms with Gasteiger partial charge < -0.3 is 19.7 Å². The molecule has 0 spiro atoms. The highest BCUT2D eigenvalue weighted by atomic mass is 32.1. The number of nitrogens with zero attached hydrogens (tertiary/aromatic N) is 3. The second-order valence-corrected chi connectivity index (χ2v) is 8.39. The number of piperidine rings is 1. The number of nitrogens with one attached hydrogen (secondary N) is 1. The van der Waals surface area contributed by atoms with Crippen LogP contribution >= 0.6 is 11.3 Å². The number of hydrogen-bond donors (Lipinski definition) is 1. The monoisotopic (exact) mass is 422 g/mol. The minimum atomic E-state index is -0.0634. The van der Waals surface area contributed by atoms with E-state index in [9.17, 15) is 4.79 Å². The maximum Gasteiger partial charge on any atom is 0.231 e. The molecule has 0 aliphatic carbocycles. The van der Waals surface area contributed by atoms with Gasteiger partial charge >= 0.3 is 0 Å². The van der Waals surface area contributed by atoms with E-state index in [1.807, 2.05) is 47.8 Å². The van der Waals surface area contributed by atoms with Gasteiger partial charge in [-0.25, -0.2) is 0 Å². The number of hydrogen-bond acceptors (Lipinski definition) is 7. The molecule has 0 radical (unpaired) electrons. The molecule has 30 heavy (non-hydrogen) atoms. The van der Waals surface area contributed by atoms with Gasteiger partial charge in [0.1, 0.15) is 5.69 Å². The number of ether oxygens (including phenoxy) is 2. The largest absolute Gasteiger partial charge is 0.454 e. The first-order valence-electron chi connectivity index (χ1n) is 10.0. The predicted octanol–water partition coefficient (Wildman–Crippen LogP) is 3.47. The molecule has 1 N–H and O–H groups in total. The Labute approximate surface area is 178 Å². The van der Waals surface area contributed by atoms with Crippen LogP contribution in [0.2, 0.25) is 0 Å². The van der Waals surface area contributed by atoms with Gasteiger partial charge in [0.25, 0.3) is 0 Å². The summed E-state index contributed by atoms with van der Waals surface area (Å²) in [6.07, 6.45) is 1.83. The quantitative estimate of drug-likeness (QED) is 0.679. The molecule has 8 heteroatoms. The lowest BCUT2D eigenvalue weighted by atomic mass is 9.97. The lowest BCUT2D eigenvalue weighted by Crippen LogP contribution is -2.43. The molecule has 2 aliphatic heterocycles. The molecule has 5 rings (SSSR count). The third kappa shape index (κ3) is 3.95. The summed E-state index contributed by atoms with van der Waals surface area (Å²) in [4.78, 5) is 16.0. The average Bonchev–Trinajstić information content (AvgIpc) is 3.49. The maximum absolute atomic E-state index is 12.8. The number of fused-ring (bicyclic) bond motifs is 1. The van der Waals surface area contributed by atoms with Crippen LogP contribution < -0.4 is 19.7 Å². The zero-order chi connectivity index (χ0) is 20.3. The molecule has 2 aliphatic rings. The van der Waals surface area contributed by atoms with Crippen molar-refractivity contribution in [3.05, 3.63) is 53.4 Å². The molecule has 1 atom stereocenters. The molecule has 1 aromatic carbocycles. The van der Waals surface area contributed by atoms with Crippen LogP contribution in [-0.2, 0) is 11.3 Å². The van der Waals surface area contributed by atoms with Crippen LogP contribution in [0, 0.1) is 5.92 Å². The van der Waals surface area contributed by atoms with E-state index in [1.54, 1.807) is 11.3 Å². The smallest absolute Gasteiger partial charge is 0.231 e. The number of carbonyl (C=O) groups is 1. The summed E-state index contributed by atoms with van der Waals surface area (Å²) in [6, 6.07) is 13.8. The number of anilines is 1. The molecule has 7 nitrogen and oxygen atoms in total. The molecule has 1 amide bonds. The summed E-state index contributed by atoms with van der Waals surface area (Å²) in [5.74, 6) is 2.31. The lowest BCUT2D eigenvalue weighted by Gasteiger charge is -2.32. The number of benzene rings is 1. The molecule has 1 saturated heterocycles. The van der Waals surface area contributed by atoms with Gasteiger partial charge in [-0.1, -0.05) is 12.1 Å².